The molecule has 98 valence electrons. The van der Waals surface area contributed by atoms with Crippen LogP contribution in [0.3, 0.4) is 0 Å². The van der Waals surface area contributed by atoms with E-state index in [1.54, 1.807) is 16.7 Å². The number of thioether (sulfide) groups is 1. The highest BCUT2D eigenvalue weighted by Gasteiger charge is 2.29. The van der Waals surface area contributed by atoms with Gasteiger partial charge in [-0.05, 0) is 24.6 Å². The van der Waals surface area contributed by atoms with Crippen molar-refractivity contribution >= 4 is 23.4 Å². The van der Waals surface area contributed by atoms with Gasteiger partial charge >= 0.3 is 0 Å². The van der Waals surface area contributed by atoms with Crippen LogP contribution in [0.1, 0.15) is 26.3 Å². The predicted octanol–water partition coefficient (Wildman–Crippen LogP) is 2.38. The van der Waals surface area contributed by atoms with Gasteiger partial charge in [-0.25, -0.2) is 0 Å². The van der Waals surface area contributed by atoms with Gasteiger partial charge in [0.25, 0.3) is 0 Å². The Morgan fingerprint density at radius 1 is 1.44 bits per heavy atom. The van der Waals surface area contributed by atoms with E-state index in [1.807, 2.05) is 20.0 Å². The maximum absolute atomic E-state index is 11.9. The van der Waals surface area contributed by atoms with Gasteiger partial charge in [0.2, 0.25) is 5.91 Å². The fourth-order valence-corrected chi connectivity index (χ4v) is 3.22. The van der Waals surface area contributed by atoms with E-state index >= 15 is 0 Å². The van der Waals surface area contributed by atoms with Crippen LogP contribution in [0.25, 0.3) is 0 Å². The first-order valence-electron chi connectivity index (χ1n) is 6.15. The Hall–Kier alpha value is -1.00. The maximum Gasteiger partial charge on any atom is 0.239 e. The Balaban J connectivity index is 2.45. The molecule has 0 aliphatic carbocycles. The Morgan fingerprint density at radius 2 is 2.11 bits per heavy atom. The number of amides is 1. The van der Waals surface area contributed by atoms with Crippen LogP contribution in [0.5, 0.6) is 0 Å². The topological polar surface area (TPSA) is 46.3 Å². The van der Waals surface area contributed by atoms with Crippen LogP contribution in [0, 0.1) is 0 Å². The van der Waals surface area contributed by atoms with Crippen molar-refractivity contribution in [2.24, 2.45) is 5.73 Å². The summed E-state index contributed by atoms with van der Waals surface area (Å²) in [5.41, 5.74) is 8.02. The molecule has 0 saturated carbocycles. The normalized spacial score (nSPS) is 19.9. The van der Waals surface area contributed by atoms with Gasteiger partial charge in [0.05, 0.1) is 10.9 Å². The molecule has 0 fully saturated rings. The highest BCUT2D eigenvalue weighted by Crippen LogP contribution is 2.40. The van der Waals surface area contributed by atoms with Gasteiger partial charge in [-0.2, -0.15) is 0 Å². The van der Waals surface area contributed by atoms with Crippen molar-refractivity contribution in [1.82, 2.24) is 0 Å². The second-order valence-electron chi connectivity index (χ2n) is 5.43. The first-order valence-corrected chi connectivity index (χ1v) is 7.03. The zero-order chi connectivity index (χ0) is 13.5. The summed E-state index contributed by atoms with van der Waals surface area (Å²) < 4.78 is 0. The van der Waals surface area contributed by atoms with Gasteiger partial charge in [0, 0.05) is 23.9 Å². The van der Waals surface area contributed by atoms with Crippen molar-refractivity contribution in [3.8, 4) is 0 Å². The Morgan fingerprint density at radius 3 is 2.72 bits per heavy atom. The van der Waals surface area contributed by atoms with Crippen molar-refractivity contribution in [2.75, 3.05) is 18.5 Å². The van der Waals surface area contributed by atoms with Crippen LogP contribution in [0.15, 0.2) is 23.1 Å². The van der Waals surface area contributed by atoms with Gasteiger partial charge < -0.3 is 10.6 Å². The number of benzene rings is 1. The van der Waals surface area contributed by atoms with E-state index in [2.05, 4.69) is 26.0 Å². The van der Waals surface area contributed by atoms with Crippen molar-refractivity contribution in [3.63, 3.8) is 0 Å². The molecule has 2 rings (SSSR count). The summed E-state index contributed by atoms with van der Waals surface area (Å²) >= 11 is 1.63. The first-order chi connectivity index (χ1) is 8.36. The molecule has 0 aromatic heterocycles. The third-order valence-electron chi connectivity index (χ3n) is 3.60. The molecule has 1 aromatic rings. The van der Waals surface area contributed by atoms with E-state index in [-0.39, 0.29) is 16.6 Å². The molecule has 18 heavy (non-hydrogen) atoms. The quantitative estimate of drug-likeness (QED) is 0.892. The van der Waals surface area contributed by atoms with E-state index < -0.39 is 0 Å². The van der Waals surface area contributed by atoms with Crippen LogP contribution in [0.4, 0.5) is 5.69 Å². The van der Waals surface area contributed by atoms with E-state index in [9.17, 15) is 4.79 Å². The molecule has 1 amide bonds. The van der Waals surface area contributed by atoms with Crippen LogP contribution in [0.2, 0.25) is 0 Å². The molecule has 1 aliphatic heterocycles. The van der Waals surface area contributed by atoms with Gasteiger partial charge in [-0.15, -0.1) is 11.8 Å². The molecule has 0 spiro atoms. The molecule has 3 nitrogen and oxygen atoms in total. The fourth-order valence-electron chi connectivity index (χ4n) is 2.06. The number of carbonyl (C=O) groups is 1. The molecule has 0 saturated heterocycles. The molecular weight excluding hydrogens is 244 g/mol. The zero-order valence-electron chi connectivity index (χ0n) is 11.4. The summed E-state index contributed by atoms with van der Waals surface area (Å²) in [6.07, 6.45) is 0. The minimum atomic E-state index is -0.0289. The lowest BCUT2D eigenvalue weighted by atomic mass is 9.85. The summed E-state index contributed by atoms with van der Waals surface area (Å²) in [5.74, 6) is 0.165. The molecule has 0 radical (unpaired) electrons. The smallest absolute Gasteiger partial charge is 0.239 e. The molecule has 1 heterocycles. The van der Waals surface area contributed by atoms with Crippen molar-refractivity contribution in [3.05, 3.63) is 23.8 Å². The first kappa shape index (κ1) is 13.4. The van der Waals surface area contributed by atoms with Crippen LogP contribution < -0.4 is 10.6 Å². The molecule has 0 bridgehead atoms. The Bertz CT molecular complexity index is 485. The number of nitrogens with two attached hydrogens (primary N) is 1. The highest BCUT2D eigenvalue weighted by molar-refractivity contribution is 8.01. The minimum Gasteiger partial charge on any atom is -0.330 e. The minimum absolute atomic E-state index is 0.0151. The summed E-state index contributed by atoms with van der Waals surface area (Å²) in [6.45, 7) is 6.84. The molecule has 1 unspecified atom stereocenters. The SMILES string of the molecule is CC1Sc2cc(C(C)(C)CN)ccc2N(C)C1=O. The summed E-state index contributed by atoms with van der Waals surface area (Å²) in [6, 6.07) is 6.27. The van der Waals surface area contributed by atoms with Crippen molar-refractivity contribution in [1.29, 1.82) is 0 Å². The molecule has 4 heteroatoms. The molecule has 1 aliphatic rings. The van der Waals surface area contributed by atoms with Gasteiger partial charge in [0.15, 0.2) is 0 Å². The standard InChI is InChI=1S/C14H20N2OS/c1-9-13(17)16(4)11-6-5-10(7-12(11)18-9)14(2,3)8-15/h5-7,9H,8,15H2,1-4H3. The van der Waals surface area contributed by atoms with E-state index in [0.29, 0.717) is 6.54 Å². The number of carbonyl (C=O) groups excluding carboxylic acids is 1. The van der Waals surface area contributed by atoms with Crippen LogP contribution >= 0.6 is 11.8 Å². The second kappa shape index (κ2) is 4.59. The zero-order valence-corrected chi connectivity index (χ0v) is 12.2. The second-order valence-corrected chi connectivity index (χ2v) is 6.81. The number of hydrogen-bond donors (Lipinski definition) is 1. The lowest BCUT2D eigenvalue weighted by molar-refractivity contribution is -0.117. The highest BCUT2D eigenvalue weighted by atomic mass is 32.2. The van der Waals surface area contributed by atoms with Crippen LogP contribution in [-0.2, 0) is 10.2 Å². The molecular formula is C14H20N2OS. The third kappa shape index (κ3) is 2.15. The average molecular weight is 264 g/mol. The number of nitrogens with zero attached hydrogens (tertiary/aromatic N) is 1. The van der Waals surface area contributed by atoms with Gasteiger partial charge in [-0.1, -0.05) is 19.9 Å². The Kier molecular flexibility index (Phi) is 3.43. The van der Waals surface area contributed by atoms with E-state index in [4.69, 9.17) is 5.73 Å². The number of anilines is 1. The molecule has 1 aromatic carbocycles. The third-order valence-corrected chi connectivity index (χ3v) is 4.73. The van der Waals surface area contributed by atoms with Crippen molar-refractivity contribution in [2.45, 2.75) is 36.3 Å². The number of hydrogen-bond acceptors (Lipinski definition) is 3. The summed E-state index contributed by atoms with van der Waals surface area (Å²) in [4.78, 5) is 14.8. The fraction of sp³-hybridized carbons (Fsp3) is 0.500. The lowest BCUT2D eigenvalue weighted by Crippen LogP contribution is -2.37. The monoisotopic (exact) mass is 264 g/mol. The van der Waals surface area contributed by atoms with E-state index in [0.717, 1.165) is 5.69 Å². The molecule has 1 atom stereocenters. The predicted molar refractivity (Wildman–Crippen MR) is 77.3 cm³/mol. The van der Waals surface area contributed by atoms with Crippen LogP contribution in [-0.4, -0.2) is 24.7 Å². The van der Waals surface area contributed by atoms with Crippen molar-refractivity contribution < 1.29 is 4.79 Å². The summed E-state index contributed by atoms with van der Waals surface area (Å²) in [5, 5.41) is -0.0151. The Labute approximate surface area is 113 Å². The maximum atomic E-state index is 11.9. The number of fused-ring (bicyclic) bond motifs is 1. The largest absolute Gasteiger partial charge is 0.330 e. The van der Waals surface area contributed by atoms with Gasteiger partial charge in [-0.3, -0.25) is 4.79 Å². The lowest BCUT2D eigenvalue weighted by Gasteiger charge is -2.31. The van der Waals surface area contributed by atoms with Gasteiger partial charge in [0.1, 0.15) is 0 Å². The summed E-state index contributed by atoms with van der Waals surface area (Å²) in [7, 11) is 1.84. The average Bonchev–Trinajstić information content (AvgIpc) is 2.35. The number of rotatable bonds is 2. The van der Waals surface area contributed by atoms with E-state index in [1.165, 1.54) is 10.5 Å². The molecule has 2 N–H and O–H groups in total.